The van der Waals surface area contributed by atoms with Crippen molar-refractivity contribution in [2.75, 3.05) is 24.7 Å². The van der Waals surface area contributed by atoms with Gasteiger partial charge in [0.05, 0.1) is 30.5 Å². The van der Waals surface area contributed by atoms with Crippen LogP contribution in [-0.2, 0) is 25.0 Å². The lowest BCUT2D eigenvalue weighted by Crippen LogP contribution is -2.63. The summed E-state index contributed by atoms with van der Waals surface area (Å²) in [6, 6.07) is 7.46. The van der Waals surface area contributed by atoms with Crippen molar-refractivity contribution in [2.45, 2.75) is 23.0 Å². The second kappa shape index (κ2) is 8.37. The Labute approximate surface area is 185 Å². The molecule has 3 N–H and O–H groups in total. The molecule has 33 heavy (non-hydrogen) atoms. The molecule has 0 spiro atoms. The third-order valence-electron chi connectivity index (χ3n) is 4.80. The van der Waals surface area contributed by atoms with Gasteiger partial charge in [-0.1, -0.05) is 0 Å². The third-order valence-corrected chi connectivity index (χ3v) is 5.93. The van der Waals surface area contributed by atoms with E-state index in [-0.39, 0.29) is 35.8 Å². The maximum atomic E-state index is 12.4. The first-order chi connectivity index (χ1) is 15.2. The zero-order valence-corrected chi connectivity index (χ0v) is 17.8. The number of hydrogen-bond donors (Lipinski definition) is 2. The predicted octanol–water partition coefficient (Wildman–Crippen LogP) is 1.07. The standard InChI is InChI=1S/C18H17F3N6O5S/c1-33(30,31)12-4-2-11(3-5-12)24-15-13(14(23)28)8-27(25-15)17(6-7-22)9-26(10-17)32-16(29)18(19,20)21/h2-5,8H,6,9-10H2,1H3,(H2,23,28)(H,24,25). The molecular weight excluding hydrogens is 469 g/mol. The van der Waals surface area contributed by atoms with E-state index in [1.54, 1.807) is 0 Å². The minimum absolute atomic E-state index is 0.0161. The largest absolute Gasteiger partial charge is 0.492 e. The van der Waals surface area contributed by atoms with E-state index >= 15 is 0 Å². The van der Waals surface area contributed by atoms with Crippen molar-refractivity contribution in [1.82, 2.24) is 14.8 Å². The molecule has 1 aliphatic rings. The number of nitriles is 1. The van der Waals surface area contributed by atoms with Gasteiger partial charge in [0.2, 0.25) is 0 Å². The number of amides is 1. The van der Waals surface area contributed by atoms with Crippen LogP contribution in [0.4, 0.5) is 24.7 Å². The lowest BCUT2D eigenvalue weighted by molar-refractivity contribution is -0.269. The molecule has 1 fully saturated rings. The summed E-state index contributed by atoms with van der Waals surface area (Å²) in [6.07, 6.45) is -3.11. The summed E-state index contributed by atoms with van der Waals surface area (Å²) in [7, 11) is -3.42. The number of carbonyl (C=O) groups excluding carboxylic acids is 2. The number of nitrogens with zero attached hydrogens (tertiary/aromatic N) is 4. The van der Waals surface area contributed by atoms with Crippen molar-refractivity contribution in [3.8, 4) is 6.07 Å². The summed E-state index contributed by atoms with van der Waals surface area (Å²) in [6.45, 7) is -0.574. The highest BCUT2D eigenvalue weighted by Gasteiger charge is 2.51. The van der Waals surface area contributed by atoms with Crippen LogP contribution in [0, 0.1) is 11.3 Å². The number of rotatable bonds is 7. The number of hydroxylamine groups is 2. The molecule has 1 aromatic heterocycles. The van der Waals surface area contributed by atoms with Crippen LogP contribution in [0.25, 0.3) is 0 Å². The zero-order valence-electron chi connectivity index (χ0n) is 17.0. The summed E-state index contributed by atoms with van der Waals surface area (Å²) in [5.41, 5.74) is 4.52. The van der Waals surface area contributed by atoms with Crippen LogP contribution in [0.15, 0.2) is 35.4 Å². The quantitative estimate of drug-likeness (QED) is 0.583. The van der Waals surface area contributed by atoms with E-state index in [9.17, 15) is 36.4 Å². The van der Waals surface area contributed by atoms with Gasteiger partial charge in [-0.05, 0) is 24.3 Å². The highest BCUT2D eigenvalue weighted by molar-refractivity contribution is 7.90. The van der Waals surface area contributed by atoms with Crippen LogP contribution in [-0.4, -0.2) is 60.7 Å². The molecule has 1 aliphatic heterocycles. The predicted molar refractivity (Wildman–Crippen MR) is 106 cm³/mol. The highest BCUT2D eigenvalue weighted by atomic mass is 32.2. The molecule has 15 heteroatoms. The number of nitrogens with one attached hydrogen (secondary N) is 1. The van der Waals surface area contributed by atoms with E-state index < -0.39 is 33.4 Å². The number of carbonyl (C=O) groups is 2. The van der Waals surface area contributed by atoms with Crippen LogP contribution < -0.4 is 11.1 Å². The number of halogens is 3. The van der Waals surface area contributed by atoms with Gasteiger partial charge in [0.1, 0.15) is 11.1 Å². The van der Waals surface area contributed by atoms with Crippen molar-refractivity contribution in [2.24, 2.45) is 5.73 Å². The summed E-state index contributed by atoms with van der Waals surface area (Å²) >= 11 is 0. The van der Waals surface area contributed by atoms with Gasteiger partial charge in [0, 0.05) is 18.1 Å². The minimum atomic E-state index is -5.18. The van der Waals surface area contributed by atoms with E-state index in [1.165, 1.54) is 35.1 Å². The maximum Gasteiger partial charge on any atom is 0.492 e. The zero-order chi connectivity index (χ0) is 24.6. The van der Waals surface area contributed by atoms with Gasteiger partial charge in [-0.15, -0.1) is 5.06 Å². The summed E-state index contributed by atoms with van der Waals surface area (Å²) in [5.74, 6) is -3.29. The first-order valence-electron chi connectivity index (χ1n) is 9.13. The van der Waals surface area contributed by atoms with Crippen molar-refractivity contribution in [3.05, 3.63) is 36.0 Å². The van der Waals surface area contributed by atoms with Crippen molar-refractivity contribution in [1.29, 1.82) is 5.26 Å². The molecule has 0 atom stereocenters. The first kappa shape index (κ1) is 24.0. The molecule has 1 aromatic carbocycles. The second-order valence-electron chi connectivity index (χ2n) is 7.36. The second-order valence-corrected chi connectivity index (χ2v) is 9.37. The molecule has 2 heterocycles. The molecule has 1 amide bonds. The van der Waals surface area contributed by atoms with Gasteiger partial charge >= 0.3 is 12.1 Å². The van der Waals surface area contributed by atoms with Gasteiger partial charge in [-0.3, -0.25) is 9.48 Å². The number of alkyl halides is 3. The summed E-state index contributed by atoms with van der Waals surface area (Å²) in [4.78, 5) is 27.3. The molecule has 0 aliphatic carbocycles. The molecule has 11 nitrogen and oxygen atoms in total. The molecule has 1 saturated heterocycles. The normalized spacial score (nSPS) is 15.8. The van der Waals surface area contributed by atoms with E-state index in [1.807, 2.05) is 6.07 Å². The van der Waals surface area contributed by atoms with E-state index in [0.29, 0.717) is 5.69 Å². The lowest BCUT2D eigenvalue weighted by atomic mass is 9.89. The van der Waals surface area contributed by atoms with Gasteiger partial charge in [-0.2, -0.15) is 23.5 Å². The minimum Gasteiger partial charge on any atom is -0.365 e. The Morgan fingerprint density at radius 3 is 2.39 bits per heavy atom. The number of nitrogens with two attached hydrogens (primary N) is 1. The summed E-state index contributed by atoms with van der Waals surface area (Å²) in [5, 5.41) is 17.0. The average molecular weight is 486 g/mol. The molecule has 2 aromatic rings. The number of benzene rings is 1. The van der Waals surface area contributed by atoms with Gasteiger partial charge < -0.3 is 15.9 Å². The number of hydrogen-bond acceptors (Lipinski definition) is 9. The number of primary amides is 1. The lowest BCUT2D eigenvalue weighted by Gasteiger charge is -2.46. The van der Waals surface area contributed by atoms with E-state index in [4.69, 9.17) is 5.73 Å². The first-order valence-corrected chi connectivity index (χ1v) is 11.0. The Balaban J connectivity index is 1.85. The molecule has 0 saturated carbocycles. The average Bonchev–Trinajstić information content (AvgIpc) is 3.09. The Kier molecular flexibility index (Phi) is 6.09. The van der Waals surface area contributed by atoms with Crippen LogP contribution in [0.1, 0.15) is 16.8 Å². The molecular formula is C18H17F3N6O5S. The van der Waals surface area contributed by atoms with E-state index in [2.05, 4.69) is 15.3 Å². The topological polar surface area (TPSA) is 160 Å². The van der Waals surface area contributed by atoms with E-state index in [0.717, 1.165) is 11.3 Å². The van der Waals surface area contributed by atoms with Crippen molar-refractivity contribution < 1.29 is 36.0 Å². The van der Waals surface area contributed by atoms with Crippen LogP contribution in [0.5, 0.6) is 0 Å². The van der Waals surface area contributed by atoms with Crippen molar-refractivity contribution in [3.63, 3.8) is 0 Å². The summed E-state index contributed by atoms with van der Waals surface area (Å²) < 4.78 is 61.6. The Morgan fingerprint density at radius 2 is 1.91 bits per heavy atom. The molecule has 0 bridgehead atoms. The number of sulfone groups is 1. The van der Waals surface area contributed by atoms with Gasteiger partial charge in [0.25, 0.3) is 5.91 Å². The Hall–Kier alpha value is -3.64. The number of aromatic nitrogens is 2. The third kappa shape index (κ3) is 5.07. The smallest absolute Gasteiger partial charge is 0.365 e. The number of anilines is 2. The van der Waals surface area contributed by atoms with Crippen LogP contribution in [0.3, 0.4) is 0 Å². The fraction of sp³-hybridized carbons (Fsp3) is 0.333. The molecule has 0 unspecified atom stereocenters. The van der Waals surface area contributed by atoms with Gasteiger partial charge in [0.15, 0.2) is 15.7 Å². The monoisotopic (exact) mass is 486 g/mol. The molecule has 3 rings (SSSR count). The highest BCUT2D eigenvalue weighted by Crippen LogP contribution is 2.35. The fourth-order valence-corrected chi connectivity index (χ4v) is 3.77. The van der Waals surface area contributed by atoms with Crippen molar-refractivity contribution >= 4 is 33.2 Å². The Bertz CT molecular complexity index is 1230. The van der Waals surface area contributed by atoms with Crippen LogP contribution >= 0.6 is 0 Å². The van der Waals surface area contributed by atoms with Gasteiger partial charge in [-0.25, -0.2) is 13.2 Å². The SMILES string of the molecule is CS(=O)(=O)c1ccc(Nc2nn(C3(CC#N)CN(OC(=O)C(F)(F)F)C3)cc2C(N)=O)cc1. The maximum absolute atomic E-state index is 12.4. The molecule has 0 radical (unpaired) electrons. The Morgan fingerprint density at radius 1 is 1.30 bits per heavy atom. The van der Waals surface area contributed by atoms with Crippen LogP contribution in [0.2, 0.25) is 0 Å². The fourth-order valence-electron chi connectivity index (χ4n) is 3.14. The molecule has 176 valence electrons.